The van der Waals surface area contributed by atoms with E-state index in [4.69, 9.17) is 14.5 Å². The number of imidazole rings is 1. The van der Waals surface area contributed by atoms with Crippen LogP contribution in [0.15, 0.2) is 66.9 Å². The summed E-state index contributed by atoms with van der Waals surface area (Å²) in [5.74, 6) is 1.88. The van der Waals surface area contributed by atoms with Gasteiger partial charge >= 0.3 is 5.97 Å². The van der Waals surface area contributed by atoms with Crippen LogP contribution in [0, 0.1) is 6.92 Å². The van der Waals surface area contributed by atoms with Crippen LogP contribution >= 0.6 is 0 Å². The van der Waals surface area contributed by atoms with Gasteiger partial charge in [-0.15, -0.1) is 0 Å². The molecule has 1 N–H and O–H groups in total. The SMILES string of the molecule is COc1ccc(CC(=O)Oc2ccc(-c3nc4cc(C)ccn4c3NC(C)(C)C)cc2)cc1. The molecule has 0 amide bonds. The van der Waals surface area contributed by atoms with E-state index in [0.717, 1.165) is 39.6 Å². The van der Waals surface area contributed by atoms with E-state index in [9.17, 15) is 4.79 Å². The van der Waals surface area contributed by atoms with Gasteiger partial charge in [-0.05, 0) is 87.4 Å². The number of hydrogen-bond acceptors (Lipinski definition) is 5. The van der Waals surface area contributed by atoms with Gasteiger partial charge in [-0.2, -0.15) is 0 Å². The molecule has 170 valence electrons. The van der Waals surface area contributed by atoms with Crippen LogP contribution in [0.5, 0.6) is 11.5 Å². The highest BCUT2D eigenvalue weighted by molar-refractivity contribution is 5.78. The van der Waals surface area contributed by atoms with Crippen molar-refractivity contribution in [1.29, 1.82) is 0 Å². The van der Waals surface area contributed by atoms with E-state index in [2.05, 4.69) is 49.5 Å². The zero-order valence-electron chi connectivity index (χ0n) is 19.7. The molecule has 0 unspecified atom stereocenters. The average Bonchev–Trinajstić information content (AvgIpc) is 3.10. The number of esters is 1. The summed E-state index contributed by atoms with van der Waals surface area (Å²) >= 11 is 0. The van der Waals surface area contributed by atoms with Crippen LogP contribution in [-0.2, 0) is 11.2 Å². The van der Waals surface area contributed by atoms with E-state index in [1.54, 1.807) is 19.2 Å². The minimum atomic E-state index is -0.314. The molecule has 0 radical (unpaired) electrons. The van der Waals surface area contributed by atoms with Gasteiger partial charge in [0.2, 0.25) is 0 Å². The smallest absolute Gasteiger partial charge is 0.315 e. The van der Waals surface area contributed by atoms with Crippen LogP contribution in [0.1, 0.15) is 31.9 Å². The molecule has 0 saturated heterocycles. The van der Waals surface area contributed by atoms with Gasteiger partial charge in [-0.3, -0.25) is 9.20 Å². The van der Waals surface area contributed by atoms with Gasteiger partial charge in [-0.1, -0.05) is 12.1 Å². The number of carbonyl (C=O) groups excluding carboxylic acids is 1. The normalized spacial score (nSPS) is 11.4. The lowest BCUT2D eigenvalue weighted by Crippen LogP contribution is -2.27. The molecule has 0 spiro atoms. The fraction of sp³-hybridized carbons (Fsp3) is 0.259. The quantitative estimate of drug-likeness (QED) is 0.307. The minimum Gasteiger partial charge on any atom is -0.497 e. The molecular formula is C27H29N3O3. The molecule has 0 aliphatic carbocycles. The predicted octanol–water partition coefficient (Wildman–Crippen LogP) is 5.68. The van der Waals surface area contributed by atoms with Crippen LogP contribution in [0.2, 0.25) is 0 Å². The molecule has 4 rings (SSSR count). The van der Waals surface area contributed by atoms with Crippen molar-refractivity contribution in [2.45, 2.75) is 39.7 Å². The monoisotopic (exact) mass is 443 g/mol. The summed E-state index contributed by atoms with van der Waals surface area (Å²) in [6.45, 7) is 8.42. The van der Waals surface area contributed by atoms with Crippen molar-refractivity contribution in [3.63, 3.8) is 0 Å². The number of ether oxygens (including phenoxy) is 2. The highest BCUT2D eigenvalue weighted by atomic mass is 16.5. The lowest BCUT2D eigenvalue weighted by Gasteiger charge is -2.22. The number of nitrogens with one attached hydrogen (secondary N) is 1. The Morgan fingerprint density at radius 3 is 2.30 bits per heavy atom. The van der Waals surface area contributed by atoms with E-state index in [-0.39, 0.29) is 17.9 Å². The number of hydrogen-bond donors (Lipinski definition) is 1. The number of aryl methyl sites for hydroxylation is 1. The minimum absolute atomic E-state index is 0.132. The highest BCUT2D eigenvalue weighted by Crippen LogP contribution is 2.32. The molecule has 2 aromatic heterocycles. The highest BCUT2D eigenvalue weighted by Gasteiger charge is 2.19. The summed E-state index contributed by atoms with van der Waals surface area (Å²) in [5, 5.41) is 3.58. The van der Waals surface area contributed by atoms with Crippen molar-refractivity contribution >= 4 is 17.4 Å². The van der Waals surface area contributed by atoms with Crippen molar-refractivity contribution in [1.82, 2.24) is 9.38 Å². The standard InChI is InChI=1S/C27H29N3O3/c1-18-14-15-30-23(16-18)28-25(26(30)29-27(2,3)4)20-8-12-22(13-9-20)33-24(31)17-19-6-10-21(32-5)11-7-19/h6-16,29H,17H2,1-5H3. The lowest BCUT2D eigenvalue weighted by molar-refractivity contribution is -0.133. The predicted molar refractivity (Wildman–Crippen MR) is 131 cm³/mol. The Morgan fingerprint density at radius 1 is 1.00 bits per heavy atom. The van der Waals surface area contributed by atoms with Gasteiger partial charge in [0, 0.05) is 17.3 Å². The molecule has 4 aromatic rings. The Bertz CT molecular complexity index is 1270. The summed E-state index contributed by atoms with van der Waals surface area (Å²) < 4.78 is 12.8. The molecule has 6 nitrogen and oxygen atoms in total. The van der Waals surface area contributed by atoms with Gasteiger partial charge in [0.1, 0.15) is 28.7 Å². The second-order valence-electron chi connectivity index (χ2n) is 9.14. The fourth-order valence-electron chi connectivity index (χ4n) is 3.58. The molecule has 0 saturated carbocycles. The molecule has 33 heavy (non-hydrogen) atoms. The molecule has 0 aliphatic heterocycles. The molecule has 0 fully saturated rings. The van der Waals surface area contributed by atoms with Crippen LogP contribution < -0.4 is 14.8 Å². The van der Waals surface area contributed by atoms with Gasteiger partial charge < -0.3 is 14.8 Å². The van der Waals surface area contributed by atoms with Crippen LogP contribution in [0.25, 0.3) is 16.9 Å². The van der Waals surface area contributed by atoms with Crippen molar-refractivity contribution in [3.8, 4) is 22.8 Å². The van der Waals surface area contributed by atoms with Gasteiger partial charge in [0.15, 0.2) is 0 Å². The number of nitrogens with zero attached hydrogens (tertiary/aromatic N) is 2. The number of rotatable bonds is 6. The van der Waals surface area contributed by atoms with E-state index in [1.165, 1.54) is 0 Å². The third kappa shape index (κ3) is 5.34. The number of fused-ring (bicyclic) bond motifs is 1. The summed E-state index contributed by atoms with van der Waals surface area (Å²) in [6.07, 6.45) is 2.22. The number of methoxy groups -OCH3 is 1. The fourth-order valence-corrected chi connectivity index (χ4v) is 3.58. The molecule has 0 aliphatic rings. The first-order valence-electron chi connectivity index (χ1n) is 10.9. The third-order valence-corrected chi connectivity index (χ3v) is 5.14. The third-order valence-electron chi connectivity index (χ3n) is 5.14. The Morgan fingerprint density at radius 2 is 1.67 bits per heavy atom. The number of carbonyl (C=O) groups is 1. The molecule has 0 atom stereocenters. The zero-order chi connectivity index (χ0) is 23.6. The van der Waals surface area contributed by atoms with Crippen molar-refractivity contribution in [2.75, 3.05) is 12.4 Å². The van der Waals surface area contributed by atoms with Crippen molar-refractivity contribution in [3.05, 3.63) is 78.0 Å². The first-order chi connectivity index (χ1) is 15.7. The maximum atomic E-state index is 12.4. The van der Waals surface area contributed by atoms with Crippen LogP contribution in [0.3, 0.4) is 0 Å². The van der Waals surface area contributed by atoms with Gasteiger partial charge in [-0.25, -0.2) is 4.98 Å². The largest absolute Gasteiger partial charge is 0.497 e. The first-order valence-corrected chi connectivity index (χ1v) is 10.9. The Balaban J connectivity index is 1.55. The number of benzene rings is 2. The Kier molecular flexibility index (Phi) is 6.09. The second kappa shape index (κ2) is 8.98. The maximum Gasteiger partial charge on any atom is 0.315 e. The van der Waals surface area contributed by atoms with Crippen LogP contribution in [-0.4, -0.2) is 28.0 Å². The van der Waals surface area contributed by atoms with E-state index in [0.29, 0.717) is 5.75 Å². The first kappa shape index (κ1) is 22.4. The maximum absolute atomic E-state index is 12.4. The van der Waals surface area contributed by atoms with E-state index < -0.39 is 0 Å². The van der Waals surface area contributed by atoms with Gasteiger partial charge in [0.05, 0.1) is 13.5 Å². The topological polar surface area (TPSA) is 64.9 Å². The van der Waals surface area contributed by atoms with Crippen LogP contribution in [0.4, 0.5) is 5.82 Å². The molecular weight excluding hydrogens is 414 g/mol. The van der Waals surface area contributed by atoms with E-state index in [1.807, 2.05) is 42.6 Å². The molecule has 2 aromatic carbocycles. The summed E-state index contributed by atoms with van der Waals surface area (Å²) in [4.78, 5) is 17.2. The summed E-state index contributed by atoms with van der Waals surface area (Å²) in [5.41, 5.74) is 4.57. The summed E-state index contributed by atoms with van der Waals surface area (Å²) in [7, 11) is 1.61. The second-order valence-corrected chi connectivity index (χ2v) is 9.14. The summed E-state index contributed by atoms with van der Waals surface area (Å²) in [6, 6.07) is 19.0. The Labute approximate surface area is 194 Å². The van der Waals surface area contributed by atoms with Crippen molar-refractivity contribution < 1.29 is 14.3 Å². The number of pyridine rings is 1. The average molecular weight is 444 g/mol. The number of aromatic nitrogens is 2. The molecule has 2 heterocycles. The van der Waals surface area contributed by atoms with Gasteiger partial charge in [0.25, 0.3) is 0 Å². The Hall–Kier alpha value is -3.80. The van der Waals surface area contributed by atoms with E-state index >= 15 is 0 Å². The molecule has 6 heteroatoms. The van der Waals surface area contributed by atoms with Crippen molar-refractivity contribution in [2.24, 2.45) is 0 Å². The molecule has 0 bridgehead atoms. The number of anilines is 1. The zero-order valence-corrected chi connectivity index (χ0v) is 19.7. The lowest BCUT2D eigenvalue weighted by atomic mass is 10.1.